The van der Waals surface area contributed by atoms with E-state index in [0.29, 0.717) is 12.8 Å². The number of carboxylic acids is 1. The highest BCUT2D eigenvalue weighted by Gasteiger charge is 2.25. The summed E-state index contributed by atoms with van der Waals surface area (Å²) in [6, 6.07) is -0.734. The number of carboxylic acid groups (broad SMARTS) is 1. The summed E-state index contributed by atoms with van der Waals surface area (Å²) in [7, 11) is 5.35. The van der Waals surface area contributed by atoms with Crippen molar-refractivity contribution in [1.29, 1.82) is 0 Å². The number of hydrogen-bond acceptors (Lipinski definition) is 7. The second-order valence-electron chi connectivity index (χ2n) is 11.8. The fraction of sp³-hybridized carbons (Fsp3) is 0.639. The van der Waals surface area contributed by atoms with Crippen molar-refractivity contribution in [3.05, 3.63) is 60.8 Å². The number of quaternary nitrogens is 1. The van der Waals surface area contributed by atoms with Crippen LogP contribution in [0.3, 0.4) is 0 Å². The first-order chi connectivity index (χ1) is 21.1. The number of rotatable bonds is 27. The van der Waals surface area contributed by atoms with Crippen LogP contribution < -0.4 is 5.11 Å². The van der Waals surface area contributed by atoms with Crippen LogP contribution in [0.5, 0.6) is 0 Å². The van der Waals surface area contributed by atoms with Crippen LogP contribution >= 0.6 is 0 Å². The third kappa shape index (κ3) is 25.5. The molecule has 0 aromatic heterocycles. The molecule has 2 unspecified atom stereocenters. The Bertz CT molecular complexity index is 912. The molecule has 0 amide bonds. The van der Waals surface area contributed by atoms with Gasteiger partial charge in [-0.05, 0) is 25.7 Å². The van der Waals surface area contributed by atoms with Crippen LogP contribution in [0, 0.1) is 0 Å². The summed E-state index contributed by atoms with van der Waals surface area (Å²) in [4.78, 5) is 36.3. The molecular formula is C36H59NO7. The highest BCUT2D eigenvalue weighted by Crippen LogP contribution is 2.11. The summed E-state index contributed by atoms with van der Waals surface area (Å²) in [6.07, 6.45) is 29.9. The maximum Gasteiger partial charge on any atom is 0.306 e. The van der Waals surface area contributed by atoms with Crippen LogP contribution in [0.2, 0.25) is 0 Å². The van der Waals surface area contributed by atoms with E-state index in [2.05, 4.69) is 19.9 Å². The number of ether oxygens (including phenoxy) is 3. The number of hydrogen-bond donors (Lipinski definition) is 0. The predicted octanol–water partition coefficient (Wildman–Crippen LogP) is 6.17. The Morgan fingerprint density at radius 3 is 1.86 bits per heavy atom. The topological polar surface area (TPSA) is 102 Å². The fourth-order valence-electron chi connectivity index (χ4n) is 4.22. The van der Waals surface area contributed by atoms with Crippen molar-refractivity contribution in [3.63, 3.8) is 0 Å². The molecule has 0 aliphatic heterocycles. The molecule has 250 valence electrons. The summed E-state index contributed by atoms with van der Waals surface area (Å²) in [5, 5.41) is 11.5. The van der Waals surface area contributed by atoms with Crippen LogP contribution in [-0.2, 0) is 28.6 Å². The van der Waals surface area contributed by atoms with Crippen molar-refractivity contribution in [3.8, 4) is 0 Å². The monoisotopic (exact) mass is 617 g/mol. The summed E-state index contributed by atoms with van der Waals surface area (Å²) in [6.45, 7) is 4.34. The van der Waals surface area contributed by atoms with Gasteiger partial charge in [0, 0.05) is 19.3 Å². The largest absolute Gasteiger partial charge is 0.544 e. The molecule has 0 aromatic carbocycles. The van der Waals surface area contributed by atoms with E-state index in [1.165, 1.54) is 25.7 Å². The lowest BCUT2D eigenvalue weighted by Crippen LogP contribution is -2.55. The van der Waals surface area contributed by atoms with Gasteiger partial charge >= 0.3 is 11.9 Å². The highest BCUT2D eigenvalue weighted by atomic mass is 16.6. The molecular weight excluding hydrogens is 558 g/mol. The van der Waals surface area contributed by atoms with E-state index in [9.17, 15) is 19.5 Å². The van der Waals surface area contributed by atoms with Gasteiger partial charge in [-0.25, -0.2) is 0 Å². The number of carbonyl (C=O) groups excluding carboxylic acids is 3. The van der Waals surface area contributed by atoms with Crippen molar-refractivity contribution < 1.29 is 38.2 Å². The first kappa shape index (κ1) is 41.0. The third-order valence-electron chi connectivity index (χ3n) is 6.80. The molecule has 2 atom stereocenters. The minimum Gasteiger partial charge on any atom is -0.544 e. The zero-order chi connectivity index (χ0) is 32.9. The summed E-state index contributed by atoms with van der Waals surface area (Å²) in [5.41, 5.74) is 0. The minimum absolute atomic E-state index is 0.0156. The van der Waals surface area contributed by atoms with E-state index in [1.807, 2.05) is 54.7 Å². The zero-order valence-electron chi connectivity index (χ0n) is 28.0. The maximum atomic E-state index is 12.5. The second-order valence-corrected chi connectivity index (χ2v) is 11.8. The molecule has 8 heteroatoms. The normalized spacial score (nSPS) is 13.9. The van der Waals surface area contributed by atoms with Gasteiger partial charge in [-0.3, -0.25) is 9.59 Å². The van der Waals surface area contributed by atoms with E-state index >= 15 is 0 Å². The minimum atomic E-state index is -1.14. The summed E-state index contributed by atoms with van der Waals surface area (Å²) < 4.78 is 16.9. The molecule has 0 spiro atoms. The molecule has 0 heterocycles. The highest BCUT2D eigenvalue weighted by molar-refractivity contribution is 5.70. The Kier molecular flexibility index (Phi) is 25.7. The van der Waals surface area contributed by atoms with Gasteiger partial charge in [-0.1, -0.05) is 113 Å². The molecule has 44 heavy (non-hydrogen) atoms. The lowest BCUT2D eigenvalue weighted by Gasteiger charge is -2.34. The van der Waals surface area contributed by atoms with E-state index in [1.54, 1.807) is 21.1 Å². The van der Waals surface area contributed by atoms with Crippen molar-refractivity contribution in [2.24, 2.45) is 0 Å². The number of carbonyl (C=O) groups is 3. The third-order valence-corrected chi connectivity index (χ3v) is 6.80. The molecule has 0 aliphatic rings. The molecule has 0 N–H and O–H groups in total. The number of aliphatic carboxylic acids is 1. The lowest BCUT2D eigenvalue weighted by atomic mass is 10.1. The van der Waals surface area contributed by atoms with Crippen LogP contribution in [0.25, 0.3) is 0 Å². The number of unbranched alkanes of at least 4 members (excludes halogenated alkanes) is 7. The van der Waals surface area contributed by atoms with E-state index in [4.69, 9.17) is 14.2 Å². The standard InChI is InChI=1S/C36H59NO7/c1-6-8-10-12-14-15-16-17-18-19-21-22-24-26-34(38)43-31-32(30-42-29-28-33(36(40)41)37(3,4)5)44-35(39)27-25-23-20-13-11-9-7-2/h8,10,12,14-19,21,32-33H,6-7,9,11,13,20,22-31H2,1-5H3/b10-8+,14-12+,16-15+,18-17+,21-19+. The second kappa shape index (κ2) is 27.6. The Labute approximate surface area is 267 Å². The number of esters is 2. The molecule has 8 nitrogen and oxygen atoms in total. The van der Waals surface area contributed by atoms with E-state index in [0.717, 1.165) is 32.1 Å². The average Bonchev–Trinajstić information content (AvgIpc) is 2.96. The SMILES string of the molecule is CC/C=C/C=C/C=C/C=C/C=C/CCCC(=O)OCC(COCCC(C(=O)[O-])[N+](C)(C)C)OC(=O)CCCCCCCCC. The Hall–Kier alpha value is -2.97. The van der Waals surface area contributed by atoms with Crippen LogP contribution in [0.1, 0.15) is 97.3 Å². The number of allylic oxidation sites excluding steroid dienone is 10. The Morgan fingerprint density at radius 1 is 0.705 bits per heavy atom. The van der Waals surface area contributed by atoms with E-state index in [-0.39, 0.29) is 49.1 Å². The molecule has 0 fully saturated rings. The van der Waals surface area contributed by atoms with Gasteiger partial charge in [0.1, 0.15) is 12.6 Å². The first-order valence-corrected chi connectivity index (χ1v) is 16.4. The fourth-order valence-corrected chi connectivity index (χ4v) is 4.22. The maximum absolute atomic E-state index is 12.5. The van der Waals surface area contributed by atoms with Crippen LogP contribution in [0.4, 0.5) is 0 Å². The van der Waals surface area contributed by atoms with Gasteiger partial charge in [0.15, 0.2) is 6.10 Å². The molecule has 0 aromatic rings. The van der Waals surface area contributed by atoms with E-state index < -0.39 is 18.1 Å². The predicted molar refractivity (Wildman–Crippen MR) is 176 cm³/mol. The lowest BCUT2D eigenvalue weighted by molar-refractivity contribution is -0.889. The van der Waals surface area contributed by atoms with Gasteiger partial charge in [-0.15, -0.1) is 0 Å². The summed E-state index contributed by atoms with van der Waals surface area (Å²) in [5.74, 6) is -1.85. The Balaban J connectivity index is 4.62. The van der Waals surface area contributed by atoms with Crippen LogP contribution in [0.15, 0.2) is 60.8 Å². The van der Waals surface area contributed by atoms with Gasteiger partial charge in [0.25, 0.3) is 0 Å². The average molecular weight is 618 g/mol. The Morgan fingerprint density at radius 2 is 1.27 bits per heavy atom. The number of nitrogens with zero attached hydrogens (tertiary/aromatic N) is 1. The zero-order valence-corrected chi connectivity index (χ0v) is 28.0. The van der Waals surface area contributed by atoms with Crippen molar-refractivity contribution >= 4 is 17.9 Å². The quantitative estimate of drug-likeness (QED) is 0.0470. The van der Waals surface area contributed by atoms with Crippen molar-refractivity contribution in [1.82, 2.24) is 0 Å². The van der Waals surface area contributed by atoms with Gasteiger partial charge in [-0.2, -0.15) is 0 Å². The molecule has 0 rings (SSSR count). The molecule has 0 aliphatic carbocycles. The van der Waals surface area contributed by atoms with Crippen molar-refractivity contribution in [2.75, 3.05) is 41.0 Å². The smallest absolute Gasteiger partial charge is 0.306 e. The molecule has 0 radical (unpaired) electrons. The molecule has 0 saturated heterocycles. The van der Waals surface area contributed by atoms with Crippen molar-refractivity contribution in [2.45, 2.75) is 109 Å². The van der Waals surface area contributed by atoms with Gasteiger partial charge in [0.2, 0.25) is 0 Å². The van der Waals surface area contributed by atoms with Crippen LogP contribution in [-0.4, -0.2) is 75.5 Å². The summed E-state index contributed by atoms with van der Waals surface area (Å²) >= 11 is 0. The number of likely N-dealkylation sites (N-methyl/N-ethyl adjacent to an activating group) is 1. The molecule has 0 saturated carbocycles. The van der Waals surface area contributed by atoms with Gasteiger partial charge in [0.05, 0.1) is 40.3 Å². The first-order valence-electron chi connectivity index (χ1n) is 16.4. The van der Waals surface area contributed by atoms with Gasteiger partial charge < -0.3 is 28.6 Å². The molecule has 0 bridgehead atoms.